The van der Waals surface area contributed by atoms with Gasteiger partial charge in [0.15, 0.2) is 0 Å². The van der Waals surface area contributed by atoms with Crippen LogP contribution in [-0.4, -0.2) is 27.4 Å². The summed E-state index contributed by atoms with van der Waals surface area (Å²) >= 11 is 0. The zero-order valence-electron chi connectivity index (χ0n) is 11.8. The van der Waals surface area contributed by atoms with E-state index < -0.39 is 0 Å². The van der Waals surface area contributed by atoms with Crippen LogP contribution in [0.25, 0.3) is 0 Å². The second kappa shape index (κ2) is 6.29. The van der Waals surface area contributed by atoms with Crippen LogP contribution in [0.2, 0.25) is 0 Å². The maximum Gasteiger partial charge on any atom is 0.248 e. The molecular weight excluding hydrogens is 254 g/mol. The van der Waals surface area contributed by atoms with Crippen molar-refractivity contribution in [3.8, 4) is 0 Å². The van der Waals surface area contributed by atoms with Gasteiger partial charge in [0.1, 0.15) is 6.54 Å². The van der Waals surface area contributed by atoms with Crippen molar-refractivity contribution in [3.63, 3.8) is 0 Å². The number of anilines is 1. The SMILES string of the molecule is CCN(C(=O)Cn1cc(CN)nn1)c1ccccc1C. The van der Waals surface area contributed by atoms with Gasteiger partial charge in [-0.05, 0) is 25.5 Å². The van der Waals surface area contributed by atoms with E-state index in [1.807, 2.05) is 38.1 Å². The highest BCUT2D eigenvalue weighted by Gasteiger charge is 2.16. The van der Waals surface area contributed by atoms with Gasteiger partial charge in [-0.25, -0.2) is 4.68 Å². The van der Waals surface area contributed by atoms with Gasteiger partial charge in [-0.2, -0.15) is 0 Å². The molecule has 0 radical (unpaired) electrons. The molecule has 0 spiro atoms. The molecule has 106 valence electrons. The molecule has 0 atom stereocenters. The summed E-state index contributed by atoms with van der Waals surface area (Å²) in [5.41, 5.74) is 8.16. The number of benzene rings is 1. The molecule has 1 amide bonds. The molecular formula is C14H19N5O. The normalized spacial score (nSPS) is 10.6. The summed E-state index contributed by atoms with van der Waals surface area (Å²) in [5, 5.41) is 7.78. The Hall–Kier alpha value is -2.21. The van der Waals surface area contributed by atoms with E-state index in [4.69, 9.17) is 5.73 Å². The topological polar surface area (TPSA) is 77.0 Å². The molecule has 1 aromatic carbocycles. The Morgan fingerprint density at radius 2 is 2.15 bits per heavy atom. The number of nitrogens with zero attached hydrogens (tertiary/aromatic N) is 4. The van der Waals surface area contributed by atoms with E-state index in [9.17, 15) is 4.79 Å². The van der Waals surface area contributed by atoms with E-state index in [-0.39, 0.29) is 12.5 Å². The number of rotatable bonds is 5. The molecule has 0 aliphatic rings. The van der Waals surface area contributed by atoms with Gasteiger partial charge >= 0.3 is 0 Å². The molecule has 2 N–H and O–H groups in total. The van der Waals surface area contributed by atoms with E-state index in [2.05, 4.69) is 10.3 Å². The van der Waals surface area contributed by atoms with Gasteiger partial charge in [-0.1, -0.05) is 23.4 Å². The van der Waals surface area contributed by atoms with Gasteiger partial charge < -0.3 is 10.6 Å². The lowest BCUT2D eigenvalue weighted by molar-refractivity contribution is -0.119. The zero-order chi connectivity index (χ0) is 14.5. The zero-order valence-corrected chi connectivity index (χ0v) is 11.8. The molecule has 6 nitrogen and oxygen atoms in total. The fourth-order valence-corrected chi connectivity index (χ4v) is 2.08. The van der Waals surface area contributed by atoms with Crippen LogP contribution in [0.5, 0.6) is 0 Å². The van der Waals surface area contributed by atoms with Crippen LogP contribution in [0.1, 0.15) is 18.2 Å². The Morgan fingerprint density at radius 3 is 2.75 bits per heavy atom. The van der Waals surface area contributed by atoms with E-state index in [0.717, 1.165) is 11.3 Å². The summed E-state index contributed by atoms with van der Waals surface area (Å²) in [6, 6.07) is 7.83. The quantitative estimate of drug-likeness (QED) is 0.885. The van der Waals surface area contributed by atoms with Gasteiger partial charge in [-0.15, -0.1) is 5.10 Å². The van der Waals surface area contributed by atoms with E-state index in [1.165, 1.54) is 4.68 Å². The monoisotopic (exact) mass is 273 g/mol. The van der Waals surface area contributed by atoms with Crippen molar-refractivity contribution < 1.29 is 4.79 Å². The molecule has 0 saturated heterocycles. The van der Waals surface area contributed by atoms with Crippen LogP contribution in [0.3, 0.4) is 0 Å². The van der Waals surface area contributed by atoms with E-state index in [1.54, 1.807) is 11.1 Å². The number of carbonyl (C=O) groups excluding carboxylic acids is 1. The van der Waals surface area contributed by atoms with E-state index in [0.29, 0.717) is 18.8 Å². The van der Waals surface area contributed by atoms with Gasteiger partial charge in [0, 0.05) is 18.8 Å². The average molecular weight is 273 g/mol. The first kappa shape index (κ1) is 14.2. The smallest absolute Gasteiger partial charge is 0.248 e. The molecule has 0 bridgehead atoms. The van der Waals surface area contributed by atoms with Crippen molar-refractivity contribution in [1.82, 2.24) is 15.0 Å². The number of aromatic nitrogens is 3. The Labute approximate surface area is 118 Å². The van der Waals surface area contributed by atoms with Crippen molar-refractivity contribution >= 4 is 11.6 Å². The molecule has 0 fully saturated rings. The molecule has 0 unspecified atom stereocenters. The molecule has 0 aliphatic heterocycles. The molecule has 0 saturated carbocycles. The van der Waals surface area contributed by atoms with Crippen molar-refractivity contribution in [1.29, 1.82) is 0 Å². The van der Waals surface area contributed by atoms with Gasteiger partial charge in [0.2, 0.25) is 5.91 Å². The molecule has 20 heavy (non-hydrogen) atoms. The van der Waals surface area contributed by atoms with Crippen LogP contribution in [0.4, 0.5) is 5.69 Å². The van der Waals surface area contributed by atoms with Crippen LogP contribution >= 0.6 is 0 Å². The van der Waals surface area contributed by atoms with Crippen LogP contribution in [0.15, 0.2) is 30.5 Å². The molecule has 2 aromatic rings. The van der Waals surface area contributed by atoms with Crippen LogP contribution < -0.4 is 10.6 Å². The van der Waals surface area contributed by atoms with Crippen molar-refractivity contribution in [3.05, 3.63) is 41.7 Å². The summed E-state index contributed by atoms with van der Waals surface area (Å²) in [7, 11) is 0. The van der Waals surface area contributed by atoms with Gasteiger partial charge in [0.05, 0.1) is 11.9 Å². The minimum absolute atomic E-state index is 0.0183. The minimum atomic E-state index is -0.0183. The summed E-state index contributed by atoms with van der Waals surface area (Å²) in [6.07, 6.45) is 1.70. The van der Waals surface area contributed by atoms with E-state index >= 15 is 0 Å². The number of carbonyl (C=O) groups is 1. The molecule has 6 heteroatoms. The first-order valence-electron chi connectivity index (χ1n) is 6.60. The molecule has 1 heterocycles. The van der Waals surface area contributed by atoms with Crippen molar-refractivity contribution in [2.24, 2.45) is 5.73 Å². The van der Waals surface area contributed by atoms with Gasteiger partial charge in [0.25, 0.3) is 0 Å². The molecule has 2 rings (SSSR count). The first-order valence-corrected chi connectivity index (χ1v) is 6.60. The van der Waals surface area contributed by atoms with Crippen molar-refractivity contribution in [2.45, 2.75) is 26.9 Å². The second-order valence-corrected chi connectivity index (χ2v) is 4.54. The maximum atomic E-state index is 12.4. The summed E-state index contributed by atoms with van der Waals surface area (Å²) in [4.78, 5) is 14.1. The number of hydrogen-bond donors (Lipinski definition) is 1. The Balaban J connectivity index is 2.15. The maximum absolute atomic E-state index is 12.4. The van der Waals surface area contributed by atoms with Gasteiger partial charge in [-0.3, -0.25) is 4.79 Å². The van der Waals surface area contributed by atoms with Crippen molar-refractivity contribution in [2.75, 3.05) is 11.4 Å². The van der Waals surface area contributed by atoms with Crippen LogP contribution in [0, 0.1) is 6.92 Å². The predicted octanol–water partition coefficient (Wildman–Crippen LogP) is 1.10. The number of likely N-dealkylation sites (N-methyl/N-ethyl adjacent to an activating group) is 1. The highest BCUT2D eigenvalue weighted by atomic mass is 16.2. The lowest BCUT2D eigenvalue weighted by Crippen LogP contribution is -2.34. The number of nitrogens with two attached hydrogens (primary N) is 1. The Morgan fingerprint density at radius 1 is 1.40 bits per heavy atom. The lowest BCUT2D eigenvalue weighted by atomic mass is 10.2. The minimum Gasteiger partial charge on any atom is -0.325 e. The summed E-state index contributed by atoms with van der Waals surface area (Å²) < 4.78 is 1.52. The number of amides is 1. The standard InChI is InChI=1S/C14H19N5O/c1-3-19(13-7-5-4-6-11(13)2)14(20)10-18-9-12(8-15)16-17-18/h4-7,9H,3,8,10,15H2,1-2H3. The average Bonchev–Trinajstić information content (AvgIpc) is 2.89. The fraction of sp³-hybridized carbons (Fsp3) is 0.357. The third-order valence-corrected chi connectivity index (χ3v) is 3.12. The molecule has 1 aromatic heterocycles. The largest absolute Gasteiger partial charge is 0.325 e. The Kier molecular flexibility index (Phi) is 4.47. The van der Waals surface area contributed by atoms with Crippen LogP contribution in [-0.2, 0) is 17.9 Å². The Bertz CT molecular complexity index is 593. The summed E-state index contributed by atoms with van der Waals surface area (Å²) in [5.74, 6) is -0.0183. The fourth-order valence-electron chi connectivity index (χ4n) is 2.08. The third-order valence-electron chi connectivity index (χ3n) is 3.12. The number of hydrogen-bond acceptors (Lipinski definition) is 4. The highest BCUT2D eigenvalue weighted by Crippen LogP contribution is 2.19. The molecule has 0 aliphatic carbocycles. The summed E-state index contributed by atoms with van der Waals surface area (Å²) in [6.45, 7) is 5.05. The second-order valence-electron chi connectivity index (χ2n) is 4.54. The lowest BCUT2D eigenvalue weighted by Gasteiger charge is -2.22. The number of aryl methyl sites for hydroxylation is 1. The first-order chi connectivity index (χ1) is 9.65. The third kappa shape index (κ3) is 3.03. The highest BCUT2D eigenvalue weighted by molar-refractivity contribution is 5.93. The number of para-hydroxylation sites is 1. The predicted molar refractivity (Wildman–Crippen MR) is 77.1 cm³/mol.